The summed E-state index contributed by atoms with van der Waals surface area (Å²) in [6.07, 6.45) is 0.220. The van der Waals surface area contributed by atoms with Gasteiger partial charge >= 0.3 is 35.8 Å². The van der Waals surface area contributed by atoms with Gasteiger partial charge < -0.3 is 56.8 Å². The molecule has 522 valence electrons. The third-order valence-corrected chi connectivity index (χ3v) is 24.2. The minimum atomic E-state index is -2.22. The summed E-state index contributed by atoms with van der Waals surface area (Å²) in [5, 5.41) is 3.04. The predicted molar refractivity (Wildman–Crippen MR) is 315 cm³/mol. The highest BCUT2D eigenvalue weighted by molar-refractivity contribution is 5.79. The minimum absolute atomic E-state index is 0.0492. The van der Waals surface area contributed by atoms with E-state index in [0.29, 0.717) is 36.7 Å². The normalized spacial score (nSPS) is 45.1. The molecule has 12 heterocycles. The predicted octanol–water partition coefficient (Wildman–Crippen LogP) is 9.23. The van der Waals surface area contributed by atoms with E-state index in [1.54, 1.807) is 20.8 Å². The second kappa shape index (κ2) is 25.6. The first-order valence-corrected chi connectivity index (χ1v) is 34.4. The van der Waals surface area contributed by atoms with Gasteiger partial charge in [0.05, 0.1) is 38.5 Å². The molecule has 12 saturated heterocycles. The molecule has 15 fully saturated rings. The van der Waals surface area contributed by atoms with Gasteiger partial charge in [0.2, 0.25) is 42.0 Å². The molecule has 0 amide bonds. The van der Waals surface area contributed by atoms with Crippen LogP contribution in [0.4, 0.5) is 4.39 Å². The van der Waals surface area contributed by atoms with Crippen molar-refractivity contribution in [1.82, 2.24) is 5.32 Å². The lowest BCUT2D eigenvalue weighted by atomic mass is 9.50. The summed E-state index contributed by atoms with van der Waals surface area (Å²) < 4.78 is 88.6. The summed E-state index contributed by atoms with van der Waals surface area (Å²) in [6, 6.07) is 5.35. The molecule has 94 heavy (non-hydrogen) atoms. The number of hydrogen-bond acceptors (Lipinski definition) is 25. The molecule has 0 aromatic heterocycles. The quantitative estimate of drug-likeness (QED) is 0.0551. The molecule has 6 bridgehead atoms. The van der Waals surface area contributed by atoms with Crippen molar-refractivity contribution >= 4 is 35.8 Å². The molecule has 25 atom stereocenters. The van der Waals surface area contributed by atoms with Gasteiger partial charge in [0.25, 0.3) is 0 Å². The number of nitrogens with one attached hydrogen (secondary N) is 1. The van der Waals surface area contributed by atoms with E-state index in [4.69, 9.17) is 86.2 Å². The van der Waals surface area contributed by atoms with Gasteiger partial charge in [-0.1, -0.05) is 60.6 Å². The topological polar surface area (TPSA) is 281 Å². The number of hydrogen-bond donors (Lipinski definition) is 1. The van der Waals surface area contributed by atoms with Crippen molar-refractivity contribution in [1.29, 1.82) is 0 Å². The average Bonchev–Trinajstić information content (AvgIpc) is 1.52. The standard InChI is InChI=1S/C68H94FNO24/c1-36-11-17-47-39(4)55(82-58-66(47)44(36)26-30-62(8,86-58)89-92-66)79-51(73)21-19-49(71)77-34-65(70-33-42-13-15-43(69)16-14-42,85-54(76)24-23-52(74)80-56-40(5)48-18-12-37(2)45-27-31-63(9)87-59(83-56)67(45,48)93-90-63)35-78-50(72)20-22-53(75)81-57-41(6)61(7)29-25-38(3)46-28-32-64(10)88-60(84-57)68(46,61)94-91-64/h13-16,36-41,44-48,55-60,70H,11-12,17-35H2,1-10H3/t36-,37-,38-,39-,40-,41+,44+,45+,46+,47+,48+,55-,56-,57-,58?,59-,60?,61+,62-,63+,64-,65?,66-,67-,68+/m1/s1. The van der Waals surface area contributed by atoms with Gasteiger partial charge in [0, 0.05) is 60.8 Å². The van der Waals surface area contributed by atoms with E-state index in [1.807, 2.05) is 20.8 Å². The van der Waals surface area contributed by atoms with Gasteiger partial charge in [-0.05, 0) is 132 Å². The summed E-state index contributed by atoms with van der Waals surface area (Å²) in [5.41, 5.74) is -5.12. The average molecular weight is 1330 g/mol. The van der Waals surface area contributed by atoms with E-state index in [1.165, 1.54) is 24.3 Å². The van der Waals surface area contributed by atoms with Gasteiger partial charge in [-0.2, -0.15) is 0 Å². The zero-order valence-electron chi connectivity index (χ0n) is 55.6. The summed E-state index contributed by atoms with van der Waals surface area (Å²) in [7, 11) is 0. The summed E-state index contributed by atoms with van der Waals surface area (Å²) in [4.78, 5) is 120. The van der Waals surface area contributed by atoms with Crippen LogP contribution < -0.4 is 5.32 Å². The molecule has 3 spiro atoms. The van der Waals surface area contributed by atoms with Crippen LogP contribution in [0, 0.1) is 76.3 Å². The van der Waals surface area contributed by atoms with Crippen LogP contribution in [0.2, 0.25) is 0 Å². The van der Waals surface area contributed by atoms with Crippen LogP contribution in [0.3, 0.4) is 0 Å². The van der Waals surface area contributed by atoms with Crippen molar-refractivity contribution in [3.8, 4) is 0 Å². The Morgan fingerprint density at radius 2 is 0.904 bits per heavy atom. The zero-order valence-corrected chi connectivity index (χ0v) is 55.6. The number of benzene rings is 1. The van der Waals surface area contributed by atoms with Crippen molar-refractivity contribution in [2.75, 3.05) is 13.2 Å². The highest BCUT2D eigenvalue weighted by Gasteiger charge is 2.76. The molecule has 25 nitrogen and oxygen atoms in total. The lowest BCUT2D eigenvalue weighted by Crippen LogP contribution is -2.74. The van der Waals surface area contributed by atoms with Crippen LogP contribution in [-0.4, -0.2) is 127 Å². The van der Waals surface area contributed by atoms with Crippen LogP contribution in [0.25, 0.3) is 0 Å². The molecule has 3 unspecified atom stereocenters. The van der Waals surface area contributed by atoms with Crippen LogP contribution in [-0.2, 0) is 121 Å². The Morgan fingerprint density at radius 3 is 1.41 bits per heavy atom. The molecule has 3 aliphatic carbocycles. The smallest absolute Gasteiger partial charge is 0.308 e. The van der Waals surface area contributed by atoms with Gasteiger partial charge in [-0.15, -0.1) is 0 Å². The Kier molecular flexibility index (Phi) is 18.5. The Morgan fingerprint density at radius 1 is 0.479 bits per heavy atom. The number of rotatable bonds is 20. The third kappa shape index (κ3) is 12.1. The first-order valence-electron chi connectivity index (χ1n) is 34.4. The van der Waals surface area contributed by atoms with E-state index in [9.17, 15) is 33.2 Å². The van der Waals surface area contributed by atoms with E-state index in [2.05, 4.69) is 33.0 Å². The van der Waals surface area contributed by atoms with Crippen molar-refractivity contribution in [2.45, 2.75) is 269 Å². The fourth-order valence-electron chi connectivity index (χ4n) is 18.4. The first-order chi connectivity index (χ1) is 44.6. The lowest BCUT2D eigenvalue weighted by Gasteiger charge is -2.65. The van der Waals surface area contributed by atoms with Crippen molar-refractivity contribution in [3.63, 3.8) is 0 Å². The van der Waals surface area contributed by atoms with E-state index in [0.717, 1.165) is 57.8 Å². The summed E-state index contributed by atoms with van der Waals surface area (Å²) in [6.45, 7) is 18.0. The minimum Gasteiger partial charge on any atom is -0.460 e. The van der Waals surface area contributed by atoms with Crippen molar-refractivity contribution in [2.24, 2.45) is 70.5 Å². The van der Waals surface area contributed by atoms with Crippen LogP contribution >= 0.6 is 0 Å². The van der Waals surface area contributed by atoms with E-state index >= 15 is 0 Å². The molecule has 12 aliphatic heterocycles. The SMILES string of the molecule is C[C@H]1[C@H](OC(=O)CCC(=O)OCC(COC(=O)CCC(=O)O[C@@H]2OC3O[C@@]4(C)CC[C@H]5[C@H](C)CC[C@@](C)([C@H]2C)[C@@]35OO4)(NCc2ccc(F)cc2)OC(=O)CCC(=O)O[C@@H]2O[C@@H]3O[C@]4(C)CC[C@H]5[C@H](C)CC[C@@H]([C@H]2C)[C@@]35OO4)OC2O[C@@]3(C)CC[C@H]4[C@H](C)CC[C@@H]1[C@@]24OO3. The highest BCUT2D eigenvalue weighted by atomic mass is 19.1. The molecule has 1 aromatic carbocycles. The molecule has 0 radical (unpaired) electrons. The number of esters is 6. The number of halogens is 1. The maximum atomic E-state index is 14.3. The number of ether oxygens (including phenoxy) is 12. The largest absolute Gasteiger partial charge is 0.460 e. The molecule has 3 saturated carbocycles. The Bertz CT molecular complexity index is 3030. The molecular weight excluding hydrogens is 1230 g/mol. The number of fused-ring (bicyclic) bond motifs is 6. The van der Waals surface area contributed by atoms with Crippen molar-refractivity contribution in [3.05, 3.63) is 35.6 Å². The van der Waals surface area contributed by atoms with Gasteiger partial charge in [-0.3, -0.25) is 34.1 Å². The Labute approximate surface area is 547 Å². The van der Waals surface area contributed by atoms with Gasteiger partial charge in [-0.25, -0.2) is 33.7 Å². The van der Waals surface area contributed by atoms with E-state index < -0.39 is 182 Å². The second-order valence-corrected chi connectivity index (χ2v) is 30.2. The lowest BCUT2D eigenvalue weighted by molar-refractivity contribution is -0.586. The van der Waals surface area contributed by atoms with Crippen molar-refractivity contribution < 1.29 is 119 Å². The molecule has 15 aliphatic rings. The molecule has 16 rings (SSSR count). The fraction of sp³-hybridized carbons (Fsp3) is 0.824. The van der Waals surface area contributed by atoms with Crippen LogP contribution in [0.15, 0.2) is 24.3 Å². The Balaban J connectivity index is 0.681. The first kappa shape index (κ1) is 68.0. The fourth-order valence-corrected chi connectivity index (χ4v) is 18.4. The summed E-state index contributed by atoms with van der Waals surface area (Å²) >= 11 is 0. The maximum Gasteiger partial charge on any atom is 0.308 e. The van der Waals surface area contributed by atoms with Crippen LogP contribution in [0.1, 0.15) is 190 Å². The highest BCUT2D eigenvalue weighted by Crippen LogP contribution is 2.67. The monoisotopic (exact) mass is 1330 g/mol. The van der Waals surface area contributed by atoms with Gasteiger partial charge in [0.1, 0.15) is 19.0 Å². The molecule has 26 heteroatoms. The maximum absolute atomic E-state index is 14.3. The van der Waals surface area contributed by atoms with E-state index in [-0.39, 0.29) is 53.9 Å². The number of carbonyl (C=O) groups is 6. The zero-order chi connectivity index (χ0) is 66.5. The number of carbonyl (C=O) groups excluding carboxylic acids is 6. The second-order valence-electron chi connectivity index (χ2n) is 30.2. The molecular formula is C68H94FNO24. The third-order valence-electron chi connectivity index (χ3n) is 24.2. The molecule has 1 aromatic rings. The Hall–Kier alpha value is -4.55. The van der Waals surface area contributed by atoms with Crippen LogP contribution in [0.5, 0.6) is 0 Å². The molecule has 1 N–H and O–H groups in total. The van der Waals surface area contributed by atoms with Gasteiger partial charge in [0.15, 0.2) is 35.7 Å². The summed E-state index contributed by atoms with van der Waals surface area (Å²) in [5.74, 6) is -9.26.